The highest BCUT2D eigenvalue weighted by molar-refractivity contribution is 5.77. The van der Waals surface area contributed by atoms with Crippen molar-refractivity contribution < 1.29 is 22.7 Å². The number of carbonyl (C=O) groups is 1. The number of likely N-dealkylation sites (tertiary alicyclic amines) is 1. The first-order valence-corrected chi connectivity index (χ1v) is 7.58. The van der Waals surface area contributed by atoms with Crippen LogP contribution in [0, 0.1) is 0 Å². The van der Waals surface area contributed by atoms with E-state index >= 15 is 0 Å². The normalized spacial score (nSPS) is 19.0. The van der Waals surface area contributed by atoms with Gasteiger partial charge in [-0.15, -0.1) is 0 Å². The van der Waals surface area contributed by atoms with E-state index in [1.807, 2.05) is 0 Å². The smallest absolute Gasteiger partial charge is 0.375 e. The lowest BCUT2D eigenvalue weighted by Crippen LogP contribution is -2.41. The van der Waals surface area contributed by atoms with Crippen LogP contribution < -0.4 is 0 Å². The number of amides is 1. The second-order valence-electron chi connectivity index (χ2n) is 5.77. The number of hydrogen-bond donors (Lipinski definition) is 0. The number of alkyl halides is 3. The summed E-state index contributed by atoms with van der Waals surface area (Å²) in [5.41, 5.74) is -0.490. The number of carbonyl (C=O) groups excluding carboxylic acids is 1. The van der Waals surface area contributed by atoms with Crippen molar-refractivity contribution in [3.05, 3.63) is 29.8 Å². The van der Waals surface area contributed by atoms with Crippen LogP contribution in [0.3, 0.4) is 0 Å². The Labute approximate surface area is 136 Å². The Balaban J connectivity index is 1.96. The Bertz CT molecular complexity index is 744. The predicted octanol–water partition coefficient (Wildman–Crippen LogP) is 2.10. The standard InChI is InChI=1S/C15H17F3N4O2/c1-24-9-13(23)21-5-2-3-10(8-21)11-7-12(15(16,17)18)20-14-19-4-6-22(11)14/h4,6-7,10H,2-3,5,8-9H2,1H3. The minimum atomic E-state index is -4.54. The van der Waals surface area contributed by atoms with Crippen molar-refractivity contribution in [2.45, 2.75) is 24.9 Å². The second kappa shape index (κ2) is 6.39. The largest absolute Gasteiger partial charge is 0.433 e. The molecule has 130 valence electrons. The van der Waals surface area contributed by atoms with Crippen LogP contribution in [0.5, 0.6) is 0 Å². The van der Waals surface area contributed by atoms with Crippen molar-refractivity contribution in [1.29, 1.82) is 0 Å². The van der Waals surface area contributed by atoms with E-state index in [0.717, 1.165) is 12.5 Å². The van der Waals surface area contributed by atoms with Crippen LogP contribution in [0.15, 0.2) is 18.5 Å². The fraction of sp³-hybridized carbons (Fsp3) is 0.533. The Morgan fingerprint density at radius 3 is 2.96 bits per heavy atom. The molecule has 1 unspecified atom stereocenters. The van der Waals surface area contributed by atoms with Gasteiger partial charge in [-0.2, -0.15) is 13.2 Å². The van der Waals surface area contributed by atoms with E-state index in [2.05, 4.69) is 9.97 Å². The summed E-state index contributed by atoms with van der Waals surface area (Å²) in [5.74, 6) is -0.352. The molecule has 24 heavy (non-hydrogen) atoms. The van der Waals surface area contributed by atoms with E-state index in [0.29, 0.717) is 25.2 Å². The Kier molecular flexibility index (Phi) is 4.44. The highest BCUT2D eigenvalue weighted by Crippen LogP contribution is 2.33. The molecule has 1 saturated heterocycles. The van der Waals surface area contributed by atoms with E-state index < -0.39 is 11.9 Å². The highest BCUT2D eigenvalue weighted by atomic mass is 19.4. The van der Waals surface area contributed by atoms with Gasteiger partial charge in [-0.25, -0.2) is 9.97 Å². The third-order valence-corrected chi connectivity index (χ3v) is 4.16. The lowest BCUT2D eigenvalue weighted by molar-refractivity contribution is -0.141. The minimum absolute atomic E-state index is 0.0140. The van der Waals surface area contributed by atoms with Gasteiger partial charge < -0.3 is 9.64 Å². The van der Waals surface area contributed by atoms with Gasteiger partial charge in [0, 0.05) is 44.2 Å². The van der Waals surface area contributed by atoms with Crippen LogP contribution in [0.1, 0.15) is 30.1 Å². The molecule has 1 atom stereocenters. The molecule has 2 aromatic rings. The van der Waals surface area contributed by atoms with Gasteiger partial charge >= 0.3 is 6.18 Å². The van der Waals surface area contributed by atoms with Crippen LogP contribution in [0.4, 0.5) is 13.2 Å². The first-order valence-electron chi connectivity index (χ1n) is 7.58. The molecule has 0 aromatic carbocycles. The summed E-state index contributed by atoms with van der Waals surface area (Å²) < 4.78 is 45.7. The van der Waals surface area contributed by atoms with Gasteiger partial charge in [-0.1, -0.05) is 0 Å². The summed E-state index contributed by atoms with van der Waals surface area (Å²) in [6.07, 6.45) is -0.107. The Hall–Kier alpha value is -2.16. The Morgan fingerprint density at radius 1 is 1.46 bits per heavy atom. The van der Waals surface area contributed by atoms with Gasteiger partial charge in [0.25, 0.3) is 0 Å². The molecular formula is C15H17F3N4O2. The summed E-state index contributed by atoms with van der Waals surface area (Å²) in [6.45, 7) is 0.914. The molecule has 1 fully saturated rings. The number of rotatable bonds is 3. The quantitative estimate of drug-likeness (QED) is 0.857. The molecule has 2 aromatic heterocycles. The maximum absolute atomic E-state index is 13.1. The maximum Gasteiger partial charge on any atom is 0.433 e. The molecule has 3 rings (SSSR count). The van der Waals surface area contributed by atoms with E-state index in [1.165, 1.54) is 13.3 Å². The average molecular weight is 342 g/mol. The number of halogens is 3. The summed E-state index contributed by atoms with van der Waals surface area (Å²) in [6, 6.07) is 1.06. The third kappa shape index (κ3) is 3.21. The number of ether oxygens (including phenoxy) is 1. The van der Waals surface area contributed by atoms with Crippen LogP contribution in [-0.2, 0) is 15.7 Å². The molecule has 1 amide bonds. The zero-order valence-corrected chi connectivity index (χ0v) is 13.1. The molecule has 9 heteroatoms. The van der Waals surface area contributed by atoms with Crippen molar-refractivity contribution in [2.24, 2.45) is 0 Å². The molecule has 0 radical (unpaired) electrons. The number of hydrogen-bond acceptors (Lipinski definition) is 4. The number of aromatic nitrogens is 3. The van der Waals surface area contributed by atoms with E-state index in [1.54, 1.807) is 15.5 Å². The van der Waals surface area contributed by atoms with Crippen molar-refractivity contribution in [1.82, 2.24) is 19.3 Å². The van der Waals surface area contributed by atoms with E-state index in [9.17, 15) is 18.0 Å². The van der Waals surface area contributed by atoms with Gasteiger partial charge in [0.1, 0.15) is 12.3 Å². The number of fused-ring (bicyclic) bond motifs is 1. The van der Waals surface area contributed by atoms with Crippen molar-refractivity contribution in [2.75, 3.05) is 26.8 Å². The van der Waals surface area contributed by atoms with Crippen molar-refractivity contribution >= 4 is 11.7 Å². The topological polar surface area (TPSA) is 59.7 Å². The predicted molar refractivity (Wildman–Crippen MR) is 78.4 cm³/mol. The van der Waals surface area contributed by atoms with Gasteiger partial charge in [0.2, 0.25) is 11.7 Å². The number of imidazole rings is 1. The molecule has 0 N–H and O–H groups in total. The van der Waals surface area contributed by atoms with Crippen LogP contribution >= 0.6 is 0 Å². The van der Waals surface area contributed by atoms with Gasteiger partial charge in [-0.3, -0.25) is 9.20 Å². The number of piperidine rings is 1. The summed E-state index contributed by atoms with van der Waals surface area (Å²) in [4.78, 5) is 21.1. The molecule has 6 nitrogen and oxygen atoms in total. The fourth-order valence-electron chi connectivity index (χ4n) is 3.05. The minimum Gasteiger partial charge on any atom is -0.375 e. The molecule has 0 saturated carbocycles. The first-order chi connectivity index (χ1) is 11.4. The fourth-order valence-corrected chi connectivity index (χ4v) is 3.05. The van der Waals surface area contributed by atoms with Gasteiger partial charge in [-0.05, 0) is 18.9 Å². The van der Waals surface area contributed by atoms with E-state index in [-0.39, 0.29) is 24.2 Å². The SMILES string of the molecule is COCC(=O)N1CCCC(c2cc(C(F)(F)F)nc3nccn23)C1. The van der Waals surface area contributed by atoms with Crippen LogP contribution in [0.2, 0.25) is 0 Å². The Morgan fingerprint density at radius 2 is 2.25 bits per heavy atom. The maximum atomic E-state index is 13.1. The zero-order valence-electron chi connectivity index (χ0n) is 13.1. The van der Waals surface area contributed by atoms with Gasteiger partial charge in [0.15, 0.2) is 0 Å². The number of nitrogens with zero attached hydrogens (tertiary/aromatic N) is 4. The molecule has 1 aliphatic rings. The van der Waals surface area contributed by atoms with Crippen molar-refractivity contribution in [3.63, 3.8) is 0 Å². The van der Waals surface area contributed by atoms with Crippen LogP contribution in [-0.4, -0.2) is 52.0 Å². The summed E-state index contributed by atoms with van der Waals surface area (Å²) in [7, 11) is 1.44. The molecular weight excluding hydrogens is 325 g/mol. The molecule has 0 aliphatic carbocycles. The molecule has 3 heterocycles. The monoisotopic (exact) mass is 342 g/mol. The average Bonchev–Trinajstić information content (AvgIpc) is 3.02. The summed E-state index contributed by atoms with van der Waals surface area (Å²) >= 11 is 0. The van der Waals surface area contributed by atoms with E-state index in [4.69, 9.17) is 4.74 Å². The highest BCUT2D eigenvalue weighted by Gasteiger charge is 2.35. The zero-order chi connectivity index (χ0) is 17.3. The van der Waals surface area contributed by atoms with Crippen LogP contribution in [0.25, 0.3) is 5.78 Å². The lowest BCUT2D eigenvalue weighted by Gasteiger charge is -2.33. The second-order valence-corrected chi connectivity index (χ2v) is 5.77. The number of methoxy groups -OCH3 is 1. The third-order valence-electron chi connectivity index (χ3n) is 4.16. The molecule has 1 aliphatic heterocycles. The van der Waals surface area contributed by atoms with Crippen molar-refractivity contribution in [3.8, 4) is 0 Å². The van der Waals surface area contributed by atoms with Gasteiger partial charge in [0.05, 0.1) is 0 Å². The lowest BCUT2D eigenvalue weighted by atomic mass is 9.93. The molecule has 0 spiro atoms. The first kappa shape index (κ1) is 16.7. The summed E-state index contributed by atoms with van der Waals surface area (Å²) in [5, 5.41) is 0. The molecule has 0 bridgehead atoms.